The van der Waals surface area contributed by atoms with Gasteiger partial charge in [0.25, 0.3) is 0 Å². The number of hydrogen-bond acceptors (Lipinski definition) is 11. The van der Waals surface area contributed by atoms with E-state index >= 15 is 0 Å². The Kier molecular flexibility index (Phi) is 29.6. The number of unbranched alkanes of at least 4 members (excludes halogenated alkanes) is 20. The van der Waals surface area contributed by atoms with Crippen LogP contribution in [0.3, 0.4) is 0 Å². The lowest BCUT2D eigenvalue weighted by Gasteiger charge is -2.41. The third-order valence-electron chi connectivity index (χ3n) is 9.64. The molecule has 0 heterocycles. The maximum atomic E-state index is 12.7. The normalized spacial score (nSPS) is 23.9. The second-order valence-electron chi connectivity index (χ2n) is 14.5. The molecule has 308 valence electrons. The first-order chi connectivity index (χ1) is 25.0. The van der Waals surface area contributed by atoms with E-state index < -0.39 is 63.1 Å². The lowest BCUT2D eigenvalue weighted by Crippen LogP contribution is -2.64. The van der Waals surface area contributed by atoms with Crippen molar-refractivity contribution in [1.29, 1.82) is 0 Å². The summed E-state index contributed by atoms with van der Waals surface area (Å²) in [5.74, 6) is -0.486. The minimum absolute atomic E-state index is 0.0759. The Morgan fingerprint density at radius 3 is 1.52 bits per heavy atom. The zero-order valence-electron chi connectivity index (χ0n) is 32.4. The van der Waals surface area contributed by atoms with Crippen LogP contribution in [0.1, 0.15) is 168 Å². The zero-order valence-corrected chi connectivity index (χ0v) is 33.3. The number of esters is 1. The summed E-state index contributed by atoms with van der Waals surface area (Å²) in [5.41, 5.74) is 0. The van der Waals surface area contributed by atoms with E-state index in [2.05, 4.69) is 26.0 Å². The van der Waals surface area contributed by atoms with E-state index in [1.54, 1.807) is 0 Å². The Morgan fingerprint density at radius 2 is 1.02 bits per heavy atom. The van der Waals surface area contributed by atoms with E-state index in [1.165, 1.54) is 83.5 Å². The van der Waals surface area contributed by atoms with Crippen LogP contribution in [0, 0.1) is 0 Å². The fourth-order valence-corrected chi connectivity index (χ4v) is 7.26. The molecule has 1 aliphatic rings. The van der Waals surface area contributed by atoms with Crippen molar-refractivity contribution < 1.29 is 58.3 Å². The van der Waals surface area contributed by atoms with Crippen molar-refractivity contribution in [3.05, 3.63) is 12.2 Å². The maximum Gasteiger partial charge on any atom is 0.472 e. The molecule has 0 spiro atoms. The highest BCUT2D eigenvalue weighted by molar-refractivity contribution is 7.47. The Balaban J connectivity index is 2.43. The maximum absolute atomic E-state index is 12.7. The van der Waals surface area contributed by atoms with Crippen LogP contribution in [-0.4, -0.2) is 98.9 Å². The highest BCUT2D eigenvalue weighted by Crippen LogP contribution is 2.47. The molecule has 0 amide bonds. The number of allylic oxidation sites excluding steroid dienone is 2. The quantitative estimate of drug-likeness (QED) is 0.0167. The first kappa shape index (κ1) is 49.1. The van der Waals surface area contributed by atoms with Crippen molar-refractivity contribution in [2.75, 3.05) is 19.8 Å². The second-order valence-corrected chi connectivity index (χ2v) is 15.9. The van der Waals surface area contributed by atoms with Gasteiger partial charge in [-0.3, -0.25) is 13.8 Å². The van der Waals surface area contributed by atoms with Crippen LogP contribution in [0.2, 0.25) is 0 Å². The molecule has 0 aromatic rings. The summed E-state index contributed by atoms with van der Waals surface area (Å²) >= 11 is 0. The van der Waals surface area contributed by atoms with Crippen LogP contribution >= 0.6 is 7.82 Å². The first-order valence-electron chi connectivity index (χ1n) is 20.5. The number of aliphatic hydroxyl groups excluding tert-OH is 5. The van der Waals surface area contributed by atoms with Gasteiger partial charge in [0.15, 0.2) is 0 Å². The Labute approximate surface area is 314 Å². The number of aliphatic hydroxyl groups is 5. The summed E-state index contributed by atoms with van der Waals surface area (Å²) in [6, 6.07) is 0. The van der Waals surface area contributed by atoms with Gasteiger partial charge in [-0.15, -0.1) is 0 Å². The molecule has 6 atom stereocenters. The van der Waals surface area contributed by atoms with Crippen molar-refractivity contribution >= 4 is 13.8 Å². The van der Waals surface area contributed by atoms with Gasteiger partial charge in [0.1, 0.15) is 42.7 Å². The van der Waals surface area contributed by atoms with Crippen LogP contribution in [0.4, 0.5) is 0 Å². The molecule has 1 saturated carbocycles. The van der Waals surface area contributed by atoms with Crippen LogP contribution < -0.4 is 0 Å². The predicted molar refractivity (Wildman–Crippen MR) is 203 cm³/mol. The molecule has 0 aliphatic heterocycles. The first-order valence-corrected chi connectivity index (χ1v) is 22.0. The standard InChI is InChI=1S/C39H75O12P/c1-3-5-7-9-11-13-14-15-16-17-18-19-20-22-24-26-28-33(40)50-32(30-48-29-27-25-23-21-12-10-8-6-4-2)31-49-52(46,47)51-39-37(44)35(42)34(41)36(43)38(39)45/h16-17,32,34-39,41-45H,3-15,18-31H2,1-2H3,(H,46,47)/b17-16-. The van der Waals surface area contributed by atoms with E-state index in [0.717, 1.165) is 57.8 Å². The molecular weight excluding hydrogens is 691 g/mol. The van der Waals surface area contributed by atoms with E-state index in [1.807, 2.05) is 0 Å². The number of phosphoric ester groups is 1. The van der Waals surface area contributed by atoms with E-state index in [4.69, 9.17) is 18.5 Å². The number of carbonyl (C=O) groups excluding carboxylic acids is 1. The van der Waals surface area contributed by atoms with Crippen LogP contribution in [0.5, 0.6) is 0 Å². The van der Waals surface area contributed by atoms with Gasteiger partial charge in [-0.25, -0.2) is 4.57 Å². The van der Waals surface area contributed by atoms with Gasteiger partial charge in [0.2, 0.25) is 0 Å². The highest BCUT2D eigenvalue weighted by Gasteiger charge is 2.51. The average molecular weight is 767 g/mol. The van der Waals surface area contributed by atoms with Gasteiger partial charge >= 0.3 is 13.8 Å². The molecule has 52 heavy (non-hydrogen) atoms. The van der Waals surface area contributed by atoms with Gasteiger partial charge in [-0.1, -0.05) is 135 Å². The van der Waals surface area contributed by atoms with Gasteiger partial charge in [-0.2, -0.15) is 0 Å². The van der Waals surface area contributed by atoms with Crippen LogP contribution in [0.15, 0.2) is 12.2 Å². The summed E-state index contributed by atoms with van der Waals surface area (Å²) in [4.78, 5) is 23.0. The van der Waals surface area contributed by atoms with Crippen molar-refractivity contribution in [3.8, 4) is 0 Å². The third-order valence-corrected chi connectivity index (χ3v) is 10.6. The summed E-state index contributed by atoms with van der Waals surface area (Å²) in [6.07, 6.45) is 18.7. The van der Waals surface area contributed by atoms with Crippen LogP contribution in [0.25, 0.3) is 0 Å². The Hall–Kier alpha value is -0.920. The van der Waals surface area contributed by atoms with Gasteiger partial charge in [0.05, 0.1) is 13.2 Å². The van der Waals surface area contributed by atoms with Crippen molar-refractivity contribution in [2.24, 2.45) is 0 Å². The zero-order chi connectivity index (χ0) is 38.5. The van der Waals surface area contributed by atoms with Crippen molar-refractivity contribution in [2.45, 2.75) is 211 Å². The molecule has 6 unspecified atom stereocenters. The number of hydrogen-bond donors (Lipinski definition) is 6. The fraction of sp³-hybridized carbons (Fsp3) is 0.923. The predicted octanol–water partition coefficient (Wildman–Crippen LogP) is 7.19. The molecule has 0 saturated heterocycles. The molecule has 1 aliphatic carbocycles. The van der Waals surface area contributed by atoms with Crippen LogP contribution in [-0.2, 0) is 27.9 Å². The van der Waals surface area contributed by atoms with Gasteiger partial charge in [0, 0.05) is 13.0 Å². The lowest BCUT2D eigenvalue weighted by molar-refractivity contribution is -0.220. The lowest BCUT2D eigenvalue weighted by atomic mass is 9.85. The molecule has 6 N–H and O–H groups in total. The molecule has 0 bridgehead atoms. The summed E-state index contributed by atoms with van der Waals surface area (Å²) < 4.78 is 34.0. The largest absolute Gasteiger partial charge is 0.472 e. The average Bonchev–Trinajstić information content (AvgIpc) is 3.12. The molecule has 0 radical (unpaired) electrons. The monoisotopic (exact) mass is 766 g/mol. The number of phosphoric acid groups is 1. The minimum Gasteiger partial charge on any atom is -0.457 e. The van der Waals surface area contributed by atoms with Gasteiger partial charge < -0.3 is 39.9 Å². The molecular formula is C39H75O12P. The van der Waals surface area contributed by atoms with Crippen molar-refractivity contribution in [1.82, 2.24) is 0 Å². The molecule has 1 rings (SSSR count). The molecule has 0 aromatic carbocycles. The smallest absolute Gasteiger partial charge is 0.457 e. The molecule has 12 nitrogen and oxygen atoms in total. The SMILES string of the molecule is CCCCCCCCC/C=C\CCCCCCCC(=O)OC(COCCCCCCCCCCC)COP(=O)(O)OC1C(O)C(O)C(O)C(O)C1O. The molecule has 1 fully saturated rings. The summed E-state index contributed by atoms with van der Waals surface area (Å²) in [5, 5.41) is 49.9. The Bertz CT molecular complexity index is 921. The topological polar surface area (TPSA) is 192 Å². The fourth-order valence-electron chi connectivity index (χ4n) is 6.29. The number of carbonyl (C=O) groups is 1. The summed E-state index contributed by atoms with van der Waals surface area (Å²) in [7, 11) is -5.00. The van der Waals surface area contributed by atoms with E-state index in [-0.39, 0.29) is 13.0 Å². The van der Waals surface area contributed by atoms with Gasteiger partial charge in [-0.05, 0) is 38.5 Å². The number of ether oxygens (including phenoxy) is 2. The molecule has 13 heteroatoms. The summed E-state index contributed by atoms with van der Waals surface area (Å²) in [6.45, 7) is 4.21. The number of rotatable bonds is 34. The van der Waals surface area contributed by atoms with Crippen molar-refractivity contribution in [3.63, 3.8) is 0 Å². The van der Waals surface area contributed by atoms with E-state index in [0.29, 0.717) is 13.0 Å². The third kappa shape index (κ3) is 23.8. The Morgan fingerprint density at radius 1 is 0.596 bits per heavy atom. The second kappa shape index (κ2) is 31.3. The van der Waals surface area contributed by atoms with E-state index in [9.17, 15) is 39.8 Å². The molecule has 0 aromatic heterocycles. The minimum atomic E-state index is -5.00. The highest BCUT2D eigenvalue weighted by atomic mass is 31.2.